The number of halogens is 1. The summed E-state index contributed by atoms with van der Waals surface area (Å²) in [5.41, 5.74) is 3.56. The van der Waals surface area contributed by atoms with Crippen molar-refractivity contribution < 1.29 is 4.79 Å². The van der Waals surface area contributed by atoms with Crippen LogP contribution in [0.3, 0.4) is 0 Å². The van der Waals surface area contributed by atoms with E-state index in [1.807, 2.05) is 35.4 Å². The van der Waals surface area contributed by atoms with Crippen LogP contribution in [0.4, 0.5) is 5.95 Å². The first kappa shape index (κ1) is 24.7. The van der Waals surface area contributed by atoms with Gasteiger partial charge >= 0.3 is 0 Å². The fraction of sp³-hybridized carbons (Fsp3) is 0.444. The number of benzene rings is 1. The van der Waals surface area contributed by atoms with E-state index in [1.165, 1.54) is 6.42 Å². The van der Waals surface area contributed by atoms with Crippen LogP contribution in [0.15, 0.2) is 41.9 Å². The molecule has 0 N–H and O–H groups in total. The van der Waals surface area contributed by atoms with Gasteiger partial charge in [0.15, 0.2) is 0 Å². The van der Waals surface area contributed by atoms with Gasteiger partial charge in [0, 0.05) is 48.5 Å². The van der Waals surface area contributed by atoms with Crippen molar-refractivity contribution in [2.24, 2.45) is 0 Å². The van der Waals surface area contributed by atoms with Gasteiger partial charge in [-0.2, -0.15) is 0 Å². The zero-order chi connectivity index (χ0) is 23.9. The predicted octanol–water partition coefficient (Wildman–Crippen LogP) is 7.17. The zero-order valence-corrected chi connectivity index (χ0v) is 21.7. The molecule has 0 atom stereocenters. The Morgan fingerprint density at radius 3 is 2.65 bits per heavy atom. The lowest BCUT2D eigenvalue weighted by molar-refractivity contribution is 0.0724. The fourth-order valence-electron chi connectivity index (χ4n) is 4.34. The molecular formula is C27H33ClN4OS. The van der Waals surface area contributed by atoms with Gasteiger partial charge in [-0.3, -0.25) is 4.79 Å². The van der Waals surface area contributed by atoms with Crippen molar-refractivity contribution in [3.05, 3.63) is 52.5 Å². The summed E-state index contributed by atoms with van der Waals surface area (Å²) in [7, 11) is 0. The average molecular weight is 497 g/mol. The molecule has 1 fully saturated rings. The standard InChI is InChI=1S/C27H33ClN4OS/c1-3-5-14-32(13-4-2)27-29-12-11-24(30-27)25-18-21(19-34-25)22-10-9-20(17-23(22)28)26(33)31-15-7-6-8-16-31/h9-12,17-19H,3-8,13-16H2,1-2H3. The molecule has 0 aliphatic carbocycles. The molecule has 34 heavy (non-hydrogen) atoms. The van der Waals surface area contributed by atoms with Crippen LogP contribution >= 0.6 is 22.9 Å². The second kappa shape index (κ2) is 11.8. The van der Waals surface area contributed by atoms with Crippen molar-refractivity contribution in [1.29, 1.82) is 0 Å². The molecule has 180 valence electrons. The Hall–Kier alpha value is -2.44. The van der Waals surface area contributed by atoms with Gasteiger partial charge in [0.2, 0.25) is 5.95 Å². The number of amides is 1. The Kier molecular flexibility index (Phi) is 8.57. The van der Waals surface area contributed by atoms with Gasteiger partial charge in [-0.25, -0.2) is 9.97 Å². The van der Waals surface area contributed by atoms with Crippen molar-refractivity contribution in [3.63, 3.8) is 0 Å². The number of unbranched alkanes of at least 4 members (excludes halogenated alkanes) is 1. The number of likely N-dealkylation sites (tertiary alicyclic amines) is 1. The molecule has 0 radical (unpaired) electrons. The Morgan fingerprint density at radius 1 is 1.09 bits per heavy atom. The Bertz CT molecular complexity index is 1110. The highest BCUT2D eigenvalue weighted by molar-refractivity contribution is 7.14. The molecule has 2 aromatic heterocycles. The van der Waals surface area contributed by atoms with E-state index >= 15 is 0 Å². The summed E-state index contributed by atoms with van der Waals surface area (Å²) in [6.45, 7) is 7.99. The number of anilines is 1. The summed E-state index contributed by atoms with van der Waals surface area (Å²) in [4.78, 5) is 27.5. The fourth-order valence-corrected chi connectivity index (χ4v) is 5.51. The van der Waals surface area contributed by atoms with E-state index in [0.29, 0.717) is 10.6 Å². The number of rotatable bonds is 9. The molecule has 3 heterocycles. The molecular weight excluding hydrogens is 464 g/mol. The highest BCUT2D eigenvalue weighted by atomic mass is 35.5. The van der Waals surface area contributed by atoms with E-state index in [9.17, 15) is 4.79 Å². The molecule has 0 bridgehead atoms. The van der Waals surface area contributed by atoms with Gasteiger partial charge < -0.3 is 9.80 Å². The molecule has 3 aromatic rings. The van der Waals surface area contributed by atoms with Gasteiger partial charge in [0.05, 0.1) is 10.6 Å². The number of thiophene rings is 1. The lowest BCUT2D eigenvalue weighted by atomic mass is 10.0. The number of hydrogen-bond donors (Lipinski definition) is 0. The summed E-state index contributed by atoms with van der Waals surface area (Å²) in [6.07, 6.45) is 8.55. The Balaban J connectivity index is 1.54. The van der Waals surface area contributed by atoms with Gasteiger partial charge in [0.25, 0.3) is 5.91 Å². The van der Waals surface area contributed by atoms with Crippen LogP contribution in [0.2, 0.25) is 5.02 Å². The molecule has 0 unspecified atom stereocenters. The van der Waals surface area contributed by atoms with Crippen molar-refractivity contribution in [2.45, 2.75) is 52.4 Å². The lowest BCUT2D eigenvalue weighted by Crippen LogP contribution is -2.35. The van der Waals surface area contributed by atoms with Crippen LogP contribution in [0, 0.1) is 0 Å². The van der Waals surface area contributed by atoms with E-state index < -0.39 is 0 Å². The minimum absolute atomic E-state index is 0.0763. The van der Waals surface area contributed by atoms with Crippen molar-refractivity contribution >= 4 is 34.8 Å². The third-order valence-corrected chi connectivity index (χ3v) is 7.49. The van der Waals surface area contributed by atoms with Crippen LogP contribution in [-0.2, 0) is 0 Å². The van der Waals surface area contributed by atoms with Crippen LogP contribution in [-0.4, -0.2) is 47.0 Å². The molecule has 4 rings (SSSR count). The number of carbonyl (C=O) groups excluding carboxylic acids is 1. The number of carbonyl (C=O) groups is 1. The maximum absolute atomic E-state index is 12.8. The molecule has 1 aliphatic rings. The molecule has 5 nitrogen and oxygen atoms in total. The summed E-state index contributed by atoms with van der Waals surface area (Å²) in [5, 5.41) is 2.70. The monoisotopic (exact) mass is 496 g/mol. The molecule has 1 aromatic carbocycles. The van der Waals surface area contributed by atoms with Crippen LogP contribution in [0.5, 0.6) is 0 Å². The first-order chi connectivity index (χ1) is 16.6. The van der Waals surface area contributed by atoms with Gasteiger partial charge in [-0.05, 0) is 67.3 Å². The second-order valence-electron chi connectivity index (χ2n) is 8.83. The molecule has 0 saturated carbocycles. The molecule has 7 heteroatoms. The number of aromatic nitrogens is 2. The van der Waals surface area contributed by atoms with Gasteiger partial charge in [-0.1, -0.05) is 37.9 Å². The quantitative estimate of drug-likeness (QED) is 0.315. The number of hydrogen-bond acceptors (Lipinski definition) is 5. The summed E-state index contributed by atoms with van der Waals surface area (Å²) in [6, 6.07) is 9.76. The van der Waals surface area contributed by atoms with Crippen LogP contribution < -0.4 is 4.90 Å². The SMILES string of the molecule is CCCCN(CCC)c1nccc(-c2cc(-c3ccc(C(=O)N4CCCCC4)cc3Cl)cs2)n1. The third-order valence-electron chi connectivity index (χ3n) is 6.22. The zero-order valence-electron chi connectivity index (χ0n) is 20.1. The van der Waals surface area contributed by atoms with Gasteiger partial charge in [-0.15, -0.1) is 11.3 Å². The number of nitrogens with zero attached hydrogens (tertiary/aromatic N) is 4. The number of piperidine rings is 1. The van der Waals surface area contributed by atoms with Crippen molar-refractivity contribution in [3.8, 4) is 21.7 Å². The summed E-state index contributed by atoms with van der Waals surface area (Å²) in [5.74, 6) is 0.869. The Morgan fingerprint density at radius 2 is 1.91 bits per heavy atom. The molecule has 1 amide bonds. The van der Waals surface area contributed by atoms with Crippen LogP contribution in [0.25, 0.3) is 21.7 Å². The van der Waals surface area contributed by atoms with E-state index in [2.05, 4.69) is 35.2 Å². The average Bonchev–Trinajstić information content (AvgIpc) is 3.37. The minimum Gasteiger partial charge on any atom is -0.341 e. The lowest BCUT2D eigenvalue weighted by Gasteiger charge is -2.26. The summed E-state index contributed by atoms with van der Waals surface area (Å²) >= 11 is 8.30. The third kappa shape index (κ3) is 5.78. The highest BCUT2D eigenvalue weighted by Gasteiger charge is 2.19. The van der Waals surface area contributed by atoms with E-state index in [4.69, 9.17) is 16.6 Å². The van der Waals surface area contributed by atoms with E-state index in [1.54, 1.807) is 11.3 Å². The van der Waals surface area contributed by atoms with Crippen LogP contribution in [0.1, 0.15) is 62.7 Å². The maximum atomic E-state index is 12.8. The first-order valence-corrected chi connectivity index (χ1v) is 13.6. The second-order valence-corrected chi connectivity index (χ2v) is 10.1. The smallest absolute Gasteiger partial charge is 0.253 e. The first-order valence-electron chi connectivity index (χ1n) is 12.4. The molecule has 1 aliphatic heterocycles. The predicted molar refractivity (Wildman–Crippen MR) is 143 cm³/mol. The topological polar surface area (TPSA) is 49.3 Å². The normalized spacial score (nSPS) is 13.8. The van der Waals surface area contributed by atoms with Crippen molar-refractivity contribution in [1.82, 2.24) is 14.9 Å². The molecule has 1 saturated heterocycles. The van der Waals surface area contributed by atoms with E-state index in [-0.39, 0.29) is 5.91 Å². The minimum atomic E-state index is 0.0763. The maximum Gasteiger partial charge on any atom is 0.253 e. The van der Waals surface area contributed by atoms with Gasteiger partial charge in [0.1, 0.15) is 0 Å². The van der Waals surface area contributed by atoms with Crippen molar-refractivity contribution in [2.75, 3.05) is 31.1 Å². The Labute approximate surface area is 211 Å². The molecule has 0 spiro atoms. The van der Waals surface area contributed by atoms with E-state index in [0.717, 1.165) is 85.9 Å². The summed E-state index contributed by atoms with van der Waals surface area (Å²) < 4.78 is 0. The largest absolute Gasteiger partial charge is 0.341 e. The highest BCUT2D eigenvalue weighted by Crippen LogP contribution is 2.36.